The van der Waals surface area contributed by atoms with Crippen molar-refractivity contribution in [3.8, 4) is 17.0 Å². The van der Waals surface area contributed by atoms with Crippen molar-refractivity contribution in [2.45, 2.75) is 31.7 Å². The molecule has 0 spiro atoms. The molecule has 0 radical (unpaired) electrons. The summed E-state index contributed by atoms with van der Waals surface area (Å²) in [7, 11) is 1.67. The quantitative estimate of drug-likeness (QED) is 0.681. The van der Waals surface area contributed by atoms with Crippen molar-refractivity contribution in [3.63, 3.8) is 0 Å². The topological polar surface area (TPSA) is 49.9 Å². The zero-order valence-electron chi connectivity index (χ0n) is 13.6. The molecule has 4 rings (SSSR count). The van der Waals surface area contributed by atoms with E-state index in [-0.39, 0.29) is 0 Å². The van der Waals surface area contributed by atoms with Gasteiger partial charge >= 0.3 is 0 Å². The first-order valence-electron chi connectivity index (χ1n) is 8.33. The third kappa shape index (κ3) is 2.82. The molecule has 0 unspecified atom stereocenters. The molecule has 2 N–H and O–H groups in total. The fraction of sp³-hybridized carbons (Fsp3) is 0.316. The average Bonchev–Trinajstić information content (AvgIpc) is 3.24. The number of aromatic amines is 1. The van der Waals surface area contributed by atoms with E-state index in [1.807, 2.05) is 36.4 Å². The number of anilines is 1. The molecule has 0 amide bonds. The highest BCUT2D eigenvalue weighted by Crippen LogP contribution is 2.35. The number of halogens is 1. The molecule has 1 heterocycles. The van der Waals surface area contributed by atoms with E-state index in [4.69, 9.17) is 16.3 Å². The first-order chi connectivity index (χ1) is 11.7. The minimum absolute atomic E-state index is 0.527. The Balaban J connectivity index is 1.75. The van der Waals surface area contributed by atoms with E-state index in [0.717, 1.165) is 38.6 Å². The zero-order chi connectivity index (χ0) is 16.5. The first-order valence-corrected chi connectivity index (χ1v) is 8.71. The van der Waals surface area contributed by atoms with Gasteiger partial charge in [-0.25, -0.2) is 0 Å². The fourth-order valence-electron chi connectivity index (χ4n) is 3.46. The summed E-state index contributed by atoms with van der Waals surface area (Å²) >= 11 is 6.37. The number of aromatic nitrogens is 2. The Kier molecular flexibility index (Phi) is 4.07. The molecule has 124 valence electrons. The number of nitrogens with one attached hydrogen (secondary N) is 2. The Morgan fingerprint density at radius 2 is 1.92 bits per heavy atom. The summed E-state index contributed by atoms with van der Waals surface area (Å²) < 4.78 is 5.23. The monoisotopic (exact) mass is 341 g/mol. The number of nitrogens with zero attached hydrogens (tertiary/aromatic N) is 1. The highest BCUT2D eigenvalue weighted by atomic mass is 35.5. The molecule has 0 aliphatic heterocycles. The second-order valence-electron chi connectivity index (χ2n) is 6.30. The van der Waals surface area contributed by atoms with E-state index >= 15 is 0 Å². The number of rotatable bonds is 4. The van der Waals surface area contributed by atoms with Crippen LogP contribution in [0.3, 0.4) is 0 Å². The van der Waals surface area contributed by atoms with Crippen LogP contribution in [0.1, 0.15) is 25.7 Å². The third-order valence-corrected chi connectivity index (χ3v) is 4.93. The predicted octanol–water partition coefficient (Wildman–Crippen LogP) is 5.25. The molecule has 3 aromatic rings. The lowest BCUT2D eigenvalue weighted by Crippen LogP contribution is -2.14. The second-order valence-corrected chi connectivity index (χ2v) is 6.74. The fourth-order valence-corrected chi connectivity index (χ4v) is 3.68. The lowest BCUT2D eigenvalue weighted by Gasteiger charge is -2.14. The number of methoxy groups -OCH3 is 1. The summed E-state index contributed by atoms with van der Waals surface area (Å²) in [5, 5.41) is 13.1. The van der Waals surface area contributed by atoms with Crippen molar-refractivity contribution in [2.75, 3.05) is 12.4 Å². The molecule has 0 bridgehead atoms. The van der Waals surface area contributed by atoms with Gasteiger partial charge in [0.15, 0.2) is 0 Å². The van der Waals surface area contributed by atoms with Crippen molar-refractivity contribution in [1.29, 1.82) is 0 Å². The largest absolute Gasteiger partial charge is 0.497 e. The number of fused-ring (bicyclic) bond motifs is 1. The van der Waals surface area contributed by atoms with Crippen LogP contribution in [-0.4, -0.2) is 23.3 Å². The first kappa shape index (κ1) is 15.3. The van der Waals surface area contributed by atoms with E-state index in [1.165, 1.54) is 25.7 Å². The van der Waals surface area contributed by atoms with Gasteiger partial charge < -0.3 is 10.1 Å². The minimum Gasteiger partial charge on any atom is -0.497 e. The van der Waals surface area contributed by atoms with E-state index < -0.39 is 0 Å². The molecule has 1 aromatic heterocycles. The zero-order valence-corrected chi connectivity index (χ0v) is 14.4. The van der Waals surface area contributed by atoms with Crippen LogP contribution < -0.4 is 10.1 Å². The summed E-state index contributed by atoms with van der Waals surface area (Å²) in [6.07, 6.45) is 5.02. The van der Waals surface area contributed by atoms with Gasteiger partial charge in [0.05, 0.1) is 18.3 Å². The summed E-state index contributed by atoms with van der Waals surface area (Å²) in [4.78, 5) is 0. The van der Waals surface area contributed by atoms with Gasteiger partial charge in [-0.05, 0) is 49.2 Å². The summed E-state index contributed by atoms with van der Waals surface area (Å²) in [5.41, 5.74) is 3.99. The highest BCUT2D eigenvalue weighted by Gasteiger charge is 2.18. The van der Waals surface area contributed by atoms with Gasteiger partial charge in [-0.2, -0.15) is 5.10 Å². The molecule has 1 aliphatic rings. The summed E-state index contributed by atoms with van der Waals surface area (Å²) in [6.45, 7) is 0. The van der Waals surface area contributed by atoms with Gasteiger partial charge in [0.25, 0.3) is 0 Å². The van der Waals surface area contributed by atoms with Crippen LogP contribution in [0.2, 0.25) is 5.02 Å². The molecule has 4 nitrogen and oxygen atoms in total. The Morgan fingerprint density at radius 1 is 1.17 bits per heavy atom. The maximum absolute atomic E-state index is 6.37. The molecule has 2 aromatic carbocycles. The van der Waals surface area contributed by atoms with Crippen molar-refractivity contribution in [2.24, 2.45) is 0 Å². The Labute approximate surface area is 146 Å². The van der Waals surface area contributed by atoms with E-state index in [9.17, 15) is 0 Å². The minimum atomic E-state index is 0.527. The molecule has 5 heteroatoms. The maximum atomic E-state index is 6.37. The third-order valence-electron chi connectivity index (χ3n) is 4.72. The smallest absolute Gasteiger partial charge is 0.118 e. The second kappa shape index (κ2) is 6.36. The Bertz CT molecular complexity index is 851. The van der Waals surface area contributed by atoms with E-state index in [2.05, 4.69) is 15.5 Å². The Morgan fingerprint density at radius 3 is 2.62 bits per heavy atom. The van der Waals surface area contributed by atoms with Gasteiger partial charge in [0, 0.05) is 22.0 Å². The van der Waals surface area contributed by atoms with Gasteiger partial charge in [-0.3, -0.25) is 5.10 Å². The van der Waals surface area contributed by atoms with Crippen molar-refractivity contribution in [1.82, 2.24) is 10.2 Å². The molecule has 0 atom stereocenters. The van der Waals surface area contributed by atoms with Crippen LogP contribution in [0.25, 0.3) is 22.2 Å². The lowest BCUT2D eigenvalue weighted by molar-refractivity contribution is 0.415. The SMILES string of the molecule is COc1ccc(-c2n[nH]c3c(NC4CCCC4)cc(Cl)cc23)cc1. The molecule has 0 saturated heterocycles. The van der Waals surface area contributed by atoms with Gasteiger partial charge in [0.1, 0.15) is 11.4 Å². The number of hydrogen-bond donors (Lipinski definition) is 2. The molecule has 1 aliphatic carbocycles. The standard InChI is InChI=1S/C19H20ClN3O/c1-24-15-8-6-12(7-9-15)18-16-10-13(20)11-17(19(16)23-22-18)21-14-4-2-3-5-14/h6-11,14,21H,2-5H2,1H3,(H,22,23). The number of H-pyrrole nitrogens is 1. The van der Waals surface area contributed by atoms with Crippen molar-refractivity contribution < 1.29 is 4.74 Å². The molecular formula is C19H20ClN3O. The highest BCUT2D eigenvalue weighted by molar-refractivity contribution is 6.32. The van der Waals surface area contributed by atoms with Crippen LogP contribution in [0.5, 0.6) is 5.75 Å². The number of ether oxygens (including phenoxy) is 1. The molecule has 1 fully saturated rings. The van der Waals surface area contributed by atoms with Crippen molar-refractivity contribution in [3.05, 3.63) is 41.4 Å². The molecule has 24 heavy (non-hydrogen) atoms. The Hall–Kier alpha value is -2.20. The molecular weight excluding hydrogens is 322 g/mol. The molecule has 1 saturated carbocycles. The van der Waals surface area contributed by atoms with Crippen LogP contribution in [-0.2, 0) is 0 Å². The van der Waals surface area contributed by atoms with Gasteiger partial charge in [-0.15, -0.1) is 0 Å². The van der Waals surface area contributed by atoms with Gasteiger partial charge in [0.2, 0.25) is 0 Å². The van der Waals surface area contributed by atoms with Crippen LogP contribution in [0.4, 0.5) is 5.69 Å². The van der Waals surface area contributed by atoms with Gasteiger partial charge in [-0.1, -0.05) is 24.4 Å². The van der Waals surface area contributed by atoms with E-state index in [0.29, 0.717) is 6.04 Å². The van der Waals surface area contributed by atoms with Crippen LogP contribution >= 0.6 is 11.6 Å². The predicted molar refractivity (Wildman–Crippen MR) is 99.0 cm³/mol. The lowest BCUT2D eigenvalue weighted by atomic mass is 10.1. The van der Waals surface area contributed by atoms with Crippen LogP contribution in [0.15, 0.2) is 36.4 Å². The summed E-state index contributed by atoms with van der Waals surface area (Å²) in [5.74, 6) is 0.834. The maximum Gasteiger partial charge on any atom is 0.118 e. The summed E-state index contributed by atoms with van der Waals surface area (Å²) in [6, 6.07) is 12.4. The number of benzene rings is 2. The average molecular weight is 342 g/mol. The number of hydrogen-bond acceptors (Lipinski definition) is 3. The van der Waals surface area contributed by atoms with Crippen LogP contribution in [0, 0.1) is 0 Å². The van der Waals surface area contributed by atoms with Crippen molar-refractivity contribution >= 4 is 28.2 Å². The van der Waals surface area contributed by atoms with E-state index in [1.54, 1.807) is 7.11 Å². The normalized spacial score (nSPS) is 15.1.